The third-order valence-electron chi connectivity index (χ3n) is 5.60. The first kappa shape index (κ1) is 19.8. The molecule has 0 spiro atoms. The highest BCUT2D eigenvalue weighted by molar-refractivity contribution is 5.54. The molecule has 2 N–H and O–H groups in total. The summed E-state index contributed by atoms with van der Waals surface area (Å²) in [5.41, 5.74) is 0.959. The normalized spacial score (nSPS) is 21.2. The van der Waals surface area contributed by atoms with E-state index in [1.807, 2.05) is 12.1 Å². The molecular weight excluding hydrogens is 385 g/mol. The van der Waals surface area contributed by atoms with Gasteiger partial charge in [0.25, 0.3) is 0 Å². The summed E-state index contributed by atoms with van der Waals surface area (Å²) >= 11 is 0. The van der Waals surface area contributed by atoms with Crippen LogP contribution in [-0.4, -0.2) is 40.1 Å². The average molecular weight is 410 g/mol. The number of hydrogen-bond donors (Lipinski definition) is 2. The van der Waals surface area contributed by atoms with Crippen LogP contribution in [0, 0.1) is 0 Å². The Bertz CT molecular complexity index is 865. The summed E-state index contributed by atoms with van der Waals surface area (Å²) in [5, 5.41) is 0. The van der Waals surface area contributed by atoms with Gasteiger partial charge in [-0.15, -0.1) is 0 Å². The highest BCUT2D eigenvalue weighted by Gasteiger charge is 2.34. The van der Waals surface area contributed by atoms with Gasteiger partial charge in [-0.05, 0) is 18.2 Å². The summed E-state index contributed by atoms with van der Waals surface area (Å²) in [6.07, 6.45) is -4.30. The van der Waals surface area contributed by atoms with E-state index in [0.29, 0.717) is 29.4 Å². The van der Waals surface area contributed by atoms with E-state index in [2.05, 4.69) is 0 Å². The van der Waals surface area contributed by atoms with Gasteiger partial charge in [0, 0.05) is 11.1 Å². The molecular formula is C21H25F3N2O3+2. The number of quaternary nitrogens is 2. The lowest BCUT2D eigenvalue weighted by molar-refractivity contribution is -1.02. The van der Waals surface area contributed by atoms with Crippen molar-refractivity contribution in [3.63, 3.8) is 0 Å². The first-order valence-corrected chi connectivity index (χ1v) is 9.73. The molecule has 2 aromatic carbocycles. The Labute approximate surface area is 167 Å². The van der Waals surface area contributed by atoms with E-state index in [1.54, 1.807) is 19.2 Å². The summed E-state index contributed by atoms with van der Waals surface area (Å²) in [5.74, 6) is 2.01. The van der Waals surface area contributed by atoms with Gasteiger partial charge in [-0.1, -0.05) is 18.2 Å². The molecule has 0 amide bonds. The predicted octanol–water partition coefficient (Wildman–Crippen LogP) is 0.926. The quantitative estimate of drug-likeness (QED) is 0.770. The van der Waals surface area contributed by atoms with Crippen molar-refractivity contribution < 1.29 is 37.2 Å². The fourth-order valence-corrected chi connectivity index (χ4v) is 4.11. The second-order valence-electron chi connectivity index (χ2n) is 7.54. The predicted molar refractivity (Wildman–Crippen MR) is 99.4 cm³/mol. The minimum absolute atomic E-state index is 0.198. The molecule has 4 rings (SSSR count). The zero-order chi connectivity index (χ0) is 20.4. The third-order valence-corrected chi connectivity index (χ3v) is 5.60. The van der Waals surface area contributed by atoms with Crippen molar-refractivity contribution in [2.75, 3.05) is 40.1 Å². The van der Waals surface area contributed by atoms with Crippen molar-refractivity contribution in [1.82, 2.24) is 0 Å². The van der Waals surface area contributed by atoms with Crippen molar-refractivity contribution >= 4 is 0 Å². The van der Waals surface area contributed by atoms with Gasteiger partial charge in [-0.2, -0.15) is 13.2 Å². The number of rotatable bonds is 5. The fourth-order valence-electron chi connectivity index (χ4n) is 4.11. The lowest BCUT2D eigenvalue weighted by atomic mass is 10.1. The van der Waals surface area contributed by atoms with Crippen LogP contribution >= 0.6 is 0 Å². The highest BCUT2D eigenvalue weighted by atomic mass is 19.4. The molecule has 2 aromatic rings. The van der Waals surface area contributed by atoms with Crippen molar-refractivity contribution in [2.45, 2.75) is 19.3 Å². The number of alkyl halides is 3. The molecule has 2 aliphatic rings. The summed E-state index contributed by atoms with van der Waals surface area (Å²) < 4.78 is 56.0. The SMILES string of the molecule is COc1cc(C[NH+]2CC[NH+](Cc3ccccc3C(F)(F)F)CC2)cc2c1OCO2. The largest absolute Gasteiger partial charge is 0.493 e. The molecule has 2 heterocycles. The van der Waals surface area contributed by atoms with Crippen molar-refractivity contribution in [3.05, 3.63) is 53.1 Å². The number of methoxy groups -OCH3 is 1. The Morgan fingerprint density at radius 2 is 1.66 bits per heavy atom. The number of fused-ring (bicyclic) bond motifs is 1. The van der Waals surface area contributed by atoms with E-state index in [1.165, 1.54) is 21.9 Å². The Morgan fingerprint density at radius 1 is 0.966 bits per heavy atom. The maximum atomic E-state index is 13.2. The van der Waals surface area contributed by atoms with E-state index < -0.39 is 11.7 Å². The van der Waals surface area contributed by atoms with Gasteiger partial charge >= 0.3 is 6.18 Å². The van der Waals surface area contributed by atoms with Crippen LogP contribution in [0.5, 0.6) is 17.2 Å². The van der Waals surface area contributed by atoms with Crippen molar-refractivity contribution in [3.8, 4) is 17.2 Å². The minimum atomic E-state index is -4.30. The molecule has 0 aromatic heterocycles. The van der Waals surface area contributed by atoms with Crippen molar-refractivity contribution in [2.24, 2.45) is 0 Å². The zero-order valence-electron chi connectivity index (χ0n) is 16.3. The van der Waals surface area contributed by atoms with Gasteiger partial charge in [-0.25, -0.2) is 0 Å². The third kappa shape index (κ3) is 4.43. The molecule has 0 bridgehead atoms. The molecule has 0 atom stereocenters. The topological polar surface area (TPSA) is 36.6 Å². The van der Waals surface area contributed by atoms with Crippen LogP contribution in [0.15, 0.2) is 36.4 Å². The summed E-state index contributed by atoms with van der Waals surface area (Å²) in [4.78, 5) is 2.59. The number of benzene rings is 2. The first-order chi connectivity index (χ1) is 13.9. The molecule has 5 nitrogen and oxygen atoms in total. The van der Waals surface area contributed by atoms with Gasteiger partial charge in [0.2, 0.25) is 12.5 Å². The monoisotopic (exact) mass is 410 g/mol. The number of ether oxygens (including phenoxy) is 3. The Kier molecular flexibility index (Phi) is 5.56. The molecule has 29 heavy (non-hydrogen) atoms. The van der Waals surface area contributed by atoms with E-state index in [9.17, 15) is 13.2 Å². The van der Waals surface area contributed by atoms with E-state index in [0.717, 1.165) is 38.3 Å². The molecule has 0 radical (unpaired) electrons. The maximum absolute atomic E-state index is 13.2. The molecule has 2 aliphatic heterocycles. The smallest absolute Gasteiger partial charge is 0.416 e. The fraction of sp³-hybridized carbons (Fsp3) is 0.429. The van der Waals surface area contributed by atoms with Gasteiger partial charge in [0.05, 0.1) is 12.7 Å². The molecule has 0 saturated carbocycles. The van der Waals surface area contributed by atoms with Crippen LogP contribution in [-0.2, 0) is 19.3 Å². The van der Waals surface area contributed by atoms with E-state index in [-0.39, 0.29) is 6.79 Å². The Balaban J connectivity index is 1.36. The molecule has 0 aliphatic carbocycles. The highest BCUT2D eigenvalue weighted by Crippen LogP contribution is 2.41. The Hall–Kier alpha value is -2.45. The molecule has 1 saturated heterocycles. The molecule has 156 valence electrons. The number of hydrogen-bond acceptors (Lipinski definition) is 3. The van der Waals surface area contributed by atoms with Crippen LogP contribution in [0.25, 0.3) is 0 Å². The van der Waals surface area contributed by atoms with Crippen LogP contribution in [0.3, 0.4) is 0 Å². The second kappa shape index (κ2) is 8.12. The molecule has 0 unspecified atom stereocenters. The Morgan fingerprint density at radius 3 is 2.34 bits per heavy atom. The average Bonchev–Trinajstić information content (AvgIpc) is 3.17. The first-order valence-electron chi connectivity index (χ1n) is 9.73. The molecule has 1 fully saturated rings. The van der Waals surface area contributed by atoms with Gasteiger partial charge < -0.3 is 24.0 Å². The lowest BCUT2D eigenvalue weighted by Crippen LogP contribution is -3.27. The van der Waals surface area contributed by atoms with Crippen LogP contribution in [0.1, 0.15) is 16.7 Å². The minimum Gasteiger partial charge on any atom is -0.493 e. The summed E-state index contributed by atoms with van der Waals surface area (Å²) in [6, 6.07) is 9.84. The summed E-state index contributed by atoms with van der Waals surface area (Å²) in [6.45, 7) is 4.90. The van der Waals surface area contributed by atoms with Crippen molar-refractivity contribution in [1.29, 1.82) is 0 Å². The van der Waals surface area contributed by atoms with Gasteiger partial charge in [0.15, 0.2) is 11.5 Å². The van der Waals surface area contributed by atoms with Crippen LogP contribution in [0.4, 0.5) is 13.2 Å². The number of halogens is 3. The summed E-state index contributed by atoms with van der Waals surface area (Å²) in [7, 11) is 1.61. The van der Waals surface area contributed by atoms with E-state index in [4.69, 9.17) is 14.2 Å². The zero-order valence-corrected chi connectivity index (χ0v) is 16.3. The number of piperazine rings is 1. The van der Waals surface area contributed by atoms with Gasteiger partial charge in [-0.3, -0.25) is 0 Å². The lowest BCUT2D eigenvalue weighted by Gasteiger charge is -2.30. The van der Waals surface area contributed by atoms with Crippen LogP contribution in [0.2, 0.25) is 0 Å². The van der Waals surface area contributed by atoms with E-state index >= 15 is 0 Å². The number of nitrogens with one attached hydrogen (secondary N) is 2. The standard InChI is InChI=1S/C21H23F3N2O3/c1-27-18-10-15(11-19-20(18)29-14-28-19)12-25-6-8-26(9-7-25)13-16-4-2-3-5-17(16)21(22,23)24/h2-5,10-11H,6-9,12-14H2,1H3/p+2. The van der Waals surface area contributed by atoms with Crippen LogP contribution < -0.4 is 24.0 Å². The second-order valence-corrected chi connectivity index (χ2v) is 7.54. The maximum Gasteiger partial charge on any atom is 0.416 e. The molecule has 8 heteroatoms. The van der Waals surface area contributed by atoms with Gasteiger partial charge in [0.1, 0.15) is 39.3 Å².